The van der Waals surface area contributed by atoms with Crippen LogP contribution in [0.1, 0.15) is 47.2 Å². The Kier molecular flexibility index (Phi) is 8.16. The van der Waals surface area contributed by atoms with Gasteiger partial charge in [0.25, 0.3) is 0 Å². The van der Waals surface area contributed by atoms with E-state index in [-0.39, 0.29) is 37.0 Å². The third-order valence-corrected chi connectivity index (χ3v) is 7.01. The van der Waals surface area contributed by atoms with Crippen molar-refractivity contribution in [2.24, 2.45) is 5.92 Å². The van der Waals surface area contributed by atoms with Gasteiger partial charge in [-0.05, 0) is 47.6 Å². The maximum atomic E-state index is 14.5. The maximum absolute atomic E-state index is 14.5. The maximum Gasteiger partial charge on any atom is 0.341 e. The van der Waals surface area contributed by atoms with Gasteiger partial charge >= 0.3 is 11.9 Å². The highest BCUT2D eigenvalue weighted by Crippen LogP contribution is 2.31. The number of carbonyl (C=O) groups excluding carboxylic acids is 2. The van der Waals surface area contributed by atoms with Crippen LogP contribution in [0, 0.1) is 17.6 Å². The van der Waals surface area contributed by atoms with Crippen molar-refractivity contribution in [3.63, 3.8) is 0 Å². The summed E-state index contributed by atoms with van der Waals surface area (Å²) >= 11 is 0. The van der Waals surface area contributed by atoms with E-state index in [1.54, 1.807) is 24.3 Å². The van der Waals surface area contributed by atoms with Crippen LogP contribution in [-0.2, 0) is 27.5 Å². The number of halogens is 2. The van der Waals surface area contributed by atoms with Crippen molar-refractivity contribution in [3.8, 4) is 5.75 Å². The Balaban J connectivity index is 1.14. The third kappa shape index (κ3) is 6.42. The van der Waals surface area contributed by atoms with E-state index < -0.39 is 23.2 Å². The van der Waals surface area contributed by atoms with Crippen LogP contribution in [0.5, 0.6) is 5.75 Å². The molecule has 5 nitrogen and oxygen atoms in total. The number of benzene rings is 4. The molecule has 7 heteroatoms. The van der Waals surface area contributed by atoms with Gasteiger partial charge in [-0.1, -0.05) is 72.8 Å². The van der Waals surface area contributed by atoms with Crippen molar-refractivity contribution in [1.82, 2.24) is 0 Å². The van der Waals surface area contributed by atoms with E-state index in [9.17, 15) is 18.4 Å². The Morgan fingerprint density at radius 3 is 2.26 bits per heavy atom. The quantitative estimate of drug-likeness (QED) is 0.226. The van der Waals surface area contributed by atoms with Gasteiger partial charge in [0.05, 0.1) is 17.6 Å². The van der Waals surface area contributed by atoms with Crippen molar-refractivity contribution in [1.29, 1.82) is 0 Å². The molecule has 200 valence electrons. The zero-order valence-electron chi connectivity index (χ0n) is 21.3. The topological polar surface area (TPSA) is 61.8 Å². The highest BCUT2D eigenvalue weighted by Gasteiger charge is 2.29. The lowest BCUT2D eigenvalue weighted by Crippen LogP contribution is -2.29. The van der Waals surface area contributed by atoms with E-state index in [2.05, 4.69) is 0 Å². The van der Waals surface area contributed by atoms with Crippen molar-refractivity contribution >= 4 is 22.7 Å². The summed E-state index contributed by atoms with van der Waals surface area (Å²) in [4.78, 5) is 25.2. The summed E-state index contributed by atoms with van der Waals surface area (Å²) in [7, 11) is 0. The molecule has 0 unspecified atom stereocenters. The standard InChI is InChI=1S/C32H28F2O5/c33-28-18-29(34)30(17-27(28)32(36)37-19-21-7-2-1-3-8-21)39-25-15-13-23(14-16-25)31(35)38-20-24-11-6-10-22-9-4-5-12-26(22)24/h1-12,17-18,23,25H,13-16,19-20H2. The number of fused-ring (bicyclic) bond motifs is 1. The monoisotopic (exact) mass is 530 g/mol. The molecule has 0 saturated heterocycles. The number of esters is 2. The van der Waals surface area contributed by atoms with Crippen molar-refractivity contribution < 1.29 is 32.6 Å². The smallest absolute Gasteiger partial charge is 0.341 e. The fourth-order valence-electron chi connectivity index (χ4n) is 4.86. The molecule has 0 heterocycles. The molecule has 0 N–H and O–H groups in total. The van der Waals surface area contributed by atoms with Gasteiger partial charge in [-0.2, -0.15) is 0 Å². The molecule has 0 amide bonds. The SMILES string of the molecule is O=C(OCc1ccccc1)c1cc(OC2CCC(C(=O)OCc3cccc4ccccc34)CC2)c(F)cc1F. The summed E-state index contributed by atoms with van der Waals surface area (Å²) in [5.41, 5.74) is 1.30. The van der Waals surface area contributed by atoms with E-state index in [4.69, 9.17) is 14.2 Å². The number of carbonyl (C=O) groups is 2. The van der Waals surface area contributed by atoms with Gasteiger partial charge in [0.2, 0.25) is 0 Å². The largest absolute Gasteiger partial charge is 0.487 e. The lowest BCUT2D eigenvalue weighted by Gasteiger charge is -2.28. The van der Waals surface area contributed by atoms with Crippen LogP contribution in [-0.4, -0.2) is 18.0 Å². The first-order valence-corrected chi connectivity index (χ1v) is 13.0. The van der Waals surface area contributed by atoms with Crippen LogP contribution in [0.2, 0.25) is 0 Å². The molecule has 4 aromatic rings. The molecule has 0 bridgehead atoms. The molecule has 0 radical (unpaired) electrons. The predicted octanol–water partition coefficient (Wildman–Crippen LogP) is 7.16. The molecule has 1 saturated carbocycles. The van der Waals surface area contributed by atoms with Gasteiger partial charge < -0.3 is 14.2 Å². The highest BCUT2D eigenvalue weighted by molar-refractivity contribution is 5.90. The molecular weight excluding hydrogens is 502 g/mol. The number of hydrogen-bond acceptors (Lipinski definition) is 5. The molecule has 4 aromatic carbocycles. The van der Waals surface area contributed by atoms with Gasteiger partial charge in [-0.3, -0.25) is 4.79 Å². The summed E-state index contributed by atoms with van der Waals surface area (Å²) in [6, 6.07) is 24.5. The van der Waals surface area contributed by atoms with Crippen LogP contribution >= 0.6 is 0 Å². The van der Waals surface area contributed by atoms with E-state index in [0.717, 1.165) is 28.0 Å². The van der Waals surface area contributed by atoms with Crippen LogP contribution in [0.3, 0.4) is 0 Å². The Bertz CT molecular complexity index is 1460. The second kappa shape index (κ2) is 12.1. The van der Waals surface area contributed by atoms with Crippen LogP contribution < -0.4 is 4.74 Å². The number of ether oxygens (including phenoxy) is 3. The lowest BCUT2D eigenvalue weighted by molar-refractivity contribution is -0.151. The number of hydrogen-bond donors (Lipinski definition) is 0. The van der Waals surface area contributed by atoms with Crippen molar-refractivity contribution in [3.05, 3.63) is 113 Å². The fourth-order valence-corrected chi connectivity index (χ4v) is 4.86. The Labute approximate surface area is 225 Å². The zero-order chi connectivity index (χ0) is 27.2. The second-order valence-electron chi connectivity index (χ2n) is 9.66. The van der Waals surface area contributed by atoms with Crippen LogP contribution in [0.25, 0.3) is 10.8 Å². The van der Waals surface area contributed by atoms with Crippen LogP contribution in [0.15, 0.2) is 84.9 Å². The number of rotatable bonds is 8. The Morgan fingerprint density at radius 2 is 1.46 bits per heavy atom. The van der Waals surface area contributed by atoms with Crippen molar-refractivity contribution in [2.45, 2.75) is 45.0 Å². The highest BCUT2D eigenvalue weighted by atomic mass is 19.1. The summed E-state index contributed by atoms with van der Waals surface area (Å²) in [6.45, 7) is 0.161. The molecular formula is C32H28F2O5. The first-order chi connectivity index (χ1) is 19.0. The summed E-state index contributed by atoms with van der Waals surface area (Å²) in [5, 5.41) is 2.14. The molecule has 0 spiro atoms. The average Bonchev–Trinajstić information content (AvgIpc) is 2.97. The Morgan fingerprint density at radius 1 is 0.744 bits per heavy atom. The molecule has 1 fully saturated rings. The normalized spacial score (nSPS) is 17.0. The molecule has 39 heavy (non-hydrogen) atoms. The van der Waals surface area contributed by atoms with Gasteiger partial charge in [-0.15, -0.1) is 0 Å². The van der Waals surface area contributed by atoms with E-state index in [1.807, 2.05) is 48.5 Å². The van der Waals surface area contributed by atoms with E-state index >= 15 is 0 Å². The molecule has 0 aliphatic heterocycles. The molecule has 0 aromatic heterocycles. The van der Waals surface area contributed by atoms with E-state index in [1.165, 1.54) is 0 Å². The summed E-state index contributed by atoms with van der Waals surface area (Å²) in [6.07, 6.45) is 1.67. The Hall–Kier alpha value is -4.26. The predicted molar refractivity (Wildman–Crippen MR) is 142 cm³/mol. The fraction of sp³-hybridized carbons (Fsp3) is 0.250. The zero-order valence-corrected chi connectivity index (χ0v) is 21.3. The lowest BCUT2D eigenvalue weighted by atomic mass is 9.87. The second-order valence-corrected chi connectivity index (χ2v) is 9.66. The van der Waals surface area contributed by atoms with Crippen molar-refractivity contribution in [2.75, 3.05) is 0 Å². The summed E-state index contributed by atoms with van der Waals surface area (Å²) in [5.74, 6) is -3.58. The van der Waals surface area contributed by atoms with Gasteiger partial charge in [0, 0.05) is 12.1 Å². The molecule has 1 aliphatic carbocycles. The van der Waals surface area contributed by atoms with Gasteiger partial charge in [0.15, 0.2) is 11.6 Å². The first-order valence-electron chi connectivity index (χ1n) is 13.0. The molecule has 0 atom stereocenters. The minimum atomic E-state index is -1.02. The minimum absolute atomic E-state index is 0.0344. The minimum Gasteiger partial charge on any atom is -0.487 e. The van der Waals surface area contributed by atoms with E-state index in [0.29, 0.717) is 31.7 Å². The van der Waals surface area contributed by atoms with Gasteiger partial charge in [-0.25, -0.2) is 13.6 Å². The summed E-state index contributed by atoms with van der Waals surface area (Å²) < 4.78 is 45.5. The third-order valence-electron chi connectivity index (χ3n) is 7.01. The average molecular weight is 531 g/mol. The van der Waals surface area contributed by atoms with Gasteiger partial charge in [0.1, 0.15) is 19.0 Å². The van der Waals surface area contributed by atoms with Crippen LogP contribution in [0.4, 0.5) is 8.78 Å². The first kappa shape index (κ1) is 26.4. The molecule has 1 aliphatic rings. The molecule has 5 rings (SSSR count).